The van der Waals surface area contributed by atoms with Crippen molar-refractivity contribution in [2.45, 2.75) is 32.2 Å². The van der Waals surface area contributed by atoms with Crippen LogP contribution in [0.15, 0.2) is 0 Å². The van der Waals surface area contributed by atoms with Gasteiger partial charge in [0.1, 0.15) is 0 Å². The number of nitrogens with one attached hydrogen (secondary N) is 1. The lowest BCUT2D eigenvalue weighted by atomic mass is 9.89. The molecular weight excluding hydrogens is 204 g/mol. The molecule has 0 aromatic carbocycles. The average molecular weight is 223 g/mol. The quantitative estimate of drug-likeness (QED) is 0.715. The summed E-state index contributed by atoms with van der Waals surface area (Å²) < 4.78 is 37.2. The third-order valence-corrected chi connectivity index (χ3v) is 2.78. The van der Waals surface area contributed by atoms with Crippen molar-refractivity contribution in [3.8, 4) is 0 Å². The van der Waals surface area contributed by atoms with E-state index in [2.05, 4.69) is 5.32 Å². The third kappa shape index (κ3) is 4.88. The number of hydrogen-bond acceptors (Lipinski definition) is 2. The highest BCUT2D eigenvalue weighted by Gasteiger charge is 2.30. The van der Waals surface area contributed by atoms with E-state index in [1.54, 1.807) is 4.90 Å². The zero-order valence-electron chi connectivity index (χ0n) is 9.19. The van der Waals surface area contributed by atoms with Gasteiger partial charge in [0.05, 0.1) is 0 Å². The van der Waals surface area contributed by atoms with Crippen LogP contribution in [-0.2, 0) is 0 Å². The van der Waals surface area contributed by atoms with Crippen molar-refractivity contribution in [2.24, 2.45) is 0 Å². The largest absolute Gasteiger partial charge is 0.492 e. The first-order valence-electron chi connectivity index (χ1n) is 5.68. The van der Waals surface area contributed by atoms with E-state index in [0.717, 1.165) is 32.4 Å². The van der Waals surface area contributed by atoms with Crippen LogP contribution < -0.4 is 5.32 Å². The van der Waals surface area contributed by atoms with E-state index in [0.29, 0.717) is 6.54 Å². The zero-order valence-corrected chi connectivity index (χ0v) is 9.19. The Hall–Kier alpha value is -0.225. The Kier molecular flexibility index (Phi) is 4.92. The molecule has 90 valence electrons. The van der Waals surface area contributed by atoms with E-state index in [1.807, 2.05) is 6.92 Å². The second kappa shape index (κ2) is 5.75. The van der Waals surface area contributed by atoms with Crippen LogP contribution in [-0.4, -0.2) is 44.0 Å². The van der Waals surface area contributed by atoms with Gasteiger partial charge in [0.2, 0.25) is 0 Å². The summed E-state index contributed by atoms with van der Waals surface area (Å²) in [6.45, 7) is -0.509. The molecule has 1 N–H and O–H groups in total. The second-order valence-corrected chi connectivity index (χ2v) is 4.19. The maximum absolute atomic E-state index is 12.4. The molecule has 1 heterocycles. The Morgan fingerprint density at radius 2 is 1.87 bits per heavy atom. The van der Waals surface area contributed by atoms with Crippen molar-refractivity contribution in [3.63, 3.8) is 0 Å². The summed E-state index contributed by atoms with van der Waals surface area (Å²) in [6.07, 6.45) is 1.77. The number of rotatable bonds is 5. The Labute approximate surface area is 89.3 Å². The molecule has 0 unspecified atom stereocenters. The maximum Gasteiger partial charge on any atom is 0.492 e. The predicted octanol–water partition coefficient (Wildman–Crippen LogP) is 1.84. The topological polar surface area (TPSA) is 15.3 Å². The van der Waals surface area contributed by atoms with Gasteiger partial charge in [-0.3, -0.25) is 0 Å². The fourth-order valence-electron chi connectivity index (χ4n) is 2.15. The van der Waals surface area contributed by atoms with Crippen molar-refractivity contribution in [3.05, 3.63) is 0 Å². The smallest absolute Gasteiger partial charge is 0.448 e. The average Bonchev–Trinajstić information content (AvgIpc) is 2.17. The summed E-state index contributed by atoms with van der Waals surface area (Å²) in [5.74, 6) is 0. The number of piperidine rings is 1. The summed E-state index contributed by atoms with van der Waals surface area (Å²) >= 11 is 0. The van der Waals surface area contributed by atoms with Gasteiger partial charge in [-0.05, 0) is 45.3 Å². The lowest BCUT2D eigenvalue weighted by Gasteiger charge is -2.37. The molecule has 0 spiro atoms. The normalized spacial score (nSPS) is 19.8. The van der Waals surface area contributed by atoms with Gasteiger partial charge in [-0.25, -0.2) is 0 Å². The summed E-state index contributed by atoms with van der Waals surface area (Å²) in [4.78, 5) is 1.61. The van der Waals surface area contributed by atoms with Gasteiger partial charge in [0.15, 0.2) is 0 Å². The van der Waals surface area contributed by atoms with Crippen LogP contribution in [0.4, 0.5) is 12.9 Å². The van der Waals surface area contributed by atoms with Crippen LogP contribution >= 0.6 is 0 Å². The second-order valence-electron chi connectivity index (χ2n) is 4.19. The molecule has 0 aromatic rings. The van der Waals surface area contributed by atoms with Crippen LogP contribution in [0.3, 0.4) is 0 Å². The molecule has 0 saturated carbocycles. The van der Waals surface area contributed by atoms with Gasteiger partial charge in [0, 0.05) is 6.04 Å². The van der Waals surface area contributed by atoms with Gasteiger partial charge in [-0.15, -0.1) is 0 Å². The van der Waals surface area contributed by atoms with Crippen LogP contribution in [0.5, 0.6) is 0 Å². The number of nitrogens with zero attached hydrogens (tertiary/aromatic N) is 1. The van der Waals surface area contributed by atoms with E-state index < -0.39 is 13.4 Å². The Morgan fingerprint density at radius 1 is 1.27 bits per heavy atom. The highest BCUT2D eigenvalue weighted by atomic mass is 19.4. The summed E-state index contributed by atoms with van der Waals surface area (Å²) in [5, 5.41) is 3.17. The van der Waals surface area contributed by atoms with Crippen LogP contribution in [0, 0.1) is 0 Å². The van der Waals surface area contributed by atoms with Crippen LogP contribution in [0.1, 0.15) is 26.2 Å². The minimum absolute atomic E-state index is 0.120. The molecule has 0 amide bonds. The molecule has 0 bridgehead atoms. The minimum atomic E-state index is -4.68. The highest BCUT2D eigenvalue weighted by Crippen LogP contribution is 2.17. The summed E-state index contributed by atoms with van der Waals surface area (Å²) in [5.41, 5.74) is 0. The SMILES string of the molecule is CCCN(C[B-](F)(F)F)C1CCNCC1. The fourth-order valence-corrected chi connectivity index (χ4v) is 2.15. The van der Waals surface area contributed by atoms with Gasteiger partial charge in [-0.1, -0.05) is 6.92 Å². The van der Waals surface area contributed by atoms with E-state index in [9.17, 15) is 12.9 Å². The van der Waals surface area contributed by atoms with Gasteiger partial charge in [-0.2, -0.15) is 0 Å². The van der Waals surface area contributed by atoms with Crippen molar-refractivity contribution in [1.29, 1.82) is 0 Å². The van der Waals surface area contributed by atoms with Crippen molar-refractivity contribution >= 4 is 6.98 Å². The lowest BCUT2D eigenvalue weighted by molar-refractivity contribution is 0.171. The molecule has 0 atom stereocenters. The first-order valence-corrected chi connectivity index (χ1v) is 5.68. The van der Waals surface area contributed by atoms with E-state index in [-0.39, 0.29) is 6.04 Å². The molecule has 0 radical (unpaired) electrons. The van der Waals surface area contributed by atoms with E-state index >= 15 is 0 Å². The van der Waals surface area contributed by atoms with E-state index in [4.69, 9.17) is 0 Å². The molecule has 1 fully saturated rings. The van der Waals surface area contributed by atoms with Crippen LogP contribution in [0.2, 0.25) is 0 Å². The molecule has 6 heteroatoms. The van der Waals surface area contributed by atoms with Gasteiger partial charge < -0.3 is 23.2 Å². The molecule has 0 aliphatic carbocycles. The third-order valence-electron chi connectivity index (χ3n) is 2.78. The monoisotopic (exact) mass is 223 g/mol. The standard InChI is InChI=1S/C9H19BF3N2/c1-2-7-15(8-10(11,12)13)9-3-5-14-6-4-9/h9,14H,2-8H2,1H3/q-1. The van der Waals surface area contributed by atoms with Crippen LogP contribution in [0.25, 0.3) is 0 Å². The molecule has 15 heavy (non-hydrogen) atoms. The zero-order chi connectivity index (χ0) is 11.3. The van der Waals surface area contributed by atoms with Crippen molar-refractivity contribution in [2.75, 3.05) is 26.1 Å². The highest BCUT2D eigenvalue weighted by molar-refractivity contribution is 6.58. The lowest BCUT2D eigenvalue weighted by Crippen LogP contribution is -2.48. The first kappa shape index (κ1) is 12.8. The molecule has 1 aliphatic rings. The molecule has 1 aliphatic heterocycles. The Morgan fingerprint density at radius 3 is 2.33 bits per heavy atom. The Balaban J connectivity index is 2.47. The van der Waals surface area contributed by atoms with Crippen molar-refractivity contribution < 1.29 is 12.9 Å². The predicted molar refractivity (Wildman–Crippen MR) is 56.8 cm³/mol. The molecule has 0 aromatic heterocycles. The van der Waals surface area contributed by atoms with E-state index in [1.165, 1.54) is 0 Å². The first-order chi connectivity index (χ1) is 7.03. The molecular formula is C9H19BF3N2-. The molecule has 1 saturated heterocycles. The summed E-state index contributed by atoms with van der Waals surface area (Å²) in [6, 6.07) is 0.120. The number of halogens is 3. The Bertz CT molecular complexity index is 181. The van der Waals surface area contributed by atoms with Gasteiger partial charge >= 0.3 is 6.98 Å². The summed E-state index contributed by atoms with van der Waals surface area (Å²) in [7, 11) is 0. The molecule has 2 nitrogen and oxygen atoms in total. The van der Waals surface area contributed by atoms with Crippen molar-refractivity contribution in [1.82, 2.24) is 10.2 Å². The molecule has 1 rings (SSSR count). The minimum Gasteiger partial charge on any atom is -0.448 e. The maximum atomic E-state index is 12.4. The van der Waals surface area contributed by atoms with Gasteiger partial charge in [0.25, 0.3) is 0 Å². The fraction of sp³-hybridized carbons (Fsp3) is 1.00. The number of hydrogen-bond donors (Lipinski definition) is 1.